The summed E-state index contributed by atoms with van der Waals surface area (Å²) in [4.78, 5) is 12.1. The summed E-state index contributed by atoms with van der Waals surface area (Å²) in [6.07, 6.45) is 3.01. The molecule has 3 aromatic rings. The number of carbonyl (C=O) groups excluding carboxylic acids is 1. The highest BCUT2D eigenvalue weighted by Gasteiger charge is 2.06. The van der Waals surface area contributed by atoms with E-state index in [1.807, 2.05) is 74.5 Å². The van der Waals surface area contributed by atoms with Crippen molar-refractivity contribution in [1.82, 2.24) is 5.32 Å². The van der Waals surface area contributed by atoms with E-state index in [1.54, 1.807) is 6.08 Å². The van der Waals surface area contributed by atoms with E-state index < -0.39 is 0 Å². The molecule has 5 heteroatoms. The molecule has 0 radical (unpaired) electrons. The largest absolute Gasteiger partial charge is 0.457 e. The van der Waals surface area contributed by atoms with Gasteiger partial charge < -0.3 is 9.73 Å². The lowest BCUT2D eigenvalue weighted by atomic mass is 10.1. The van der Waals surface area contributed by atoms with Crippen LogP contribution >= 0.6 is 12.2 Å². The molecule has 1 heterocycles. The Kier molecular flexibility index (Phi) is 5.84. The van der Waals surface area contributed by atoms with Gasteiger partial charge in [0.05, 0.1) is 0 Å². The molecular weight excluding hydrogens is 356 g/mol. The molecule has 4 nitrogen and oxygen atoms in total. The maximum absolute atomic E-state index is 12.1. The Hall–Kier alpha value is -3.18. The molecule has 2 aromatic carbocycles. The van der Waals surface area contributed by atoms with E-state index in [2.05, 4.69) is 10.6 Å². The van der Waals surface area contributed by atoms with Gasteiger partial charge in [-0.25, -0.2) is 0 Å². The van der Waals surface area contributed by atoms with Gasteiger partial charge in [0.1, 0.15) is 11.5 Å². The van der Waals surface area contributed by atoms with Crippen molar-refractivity contribution in [3.8, 4) is 11.3 Å². The summed E-state index contributed by atoms with van der Waals surface area (Å²) in [5.41, 5.74) is 4.11. The average molecular weight is 376 g/mol. The van der Waals surface area contributed by atoms with E-state index in [0.29, 0.717) is 5.76 Å². The Balaban J connectivity index is 1.58. The first kappa shape index (κ1) is 18.6. The normalized spacial score (nSPS) is 10.7. The van der Waals surface area contributed by atoms with E-state index in [1.165, 1.54) is 6.08 Å². The third kappa shape index (κ3) is 4.92. The lowest BCUT2D eigenvalue weighted by Crippen LogP contribution is -2.33. The van der Waals surface area contributed by atoms with Crippen LogP contribution in [0, 0.1) is 13.8 Å². The Bertz CT molecular complexity index is 991. The number of furan rings is 1. The van der Waals surface area contributed by atoms with Crippen LogP contribution in [0.4, 0.5) is 5.69 Å². The molecule has 0 saturated heterocycles. The minimum atomic E-state index is -0.324. The molecule has 0 saturated carbocycles. The van der Waals surface area contributed by atoms with Gasteiger partial charge in [-0.1, -0.05) is 42.5 Å². The van der Waals surface area contributed by atoms with Gasteiger partial charge in [0.15, 0.2) is 5.11 Å². The minimum Gasteiger partial charge on any atom is -0.457 e. The highest BCUT2D eigenvalue weighted by molar-refractivity contribution is 7.80. The average Bonchev–Trinajstić information content (AvgIpc) is 3.14. The van der Waals surface area contributed by atoms with Crippen LogP contribution in [0.15, 0.2) is 71.2 Å². The monoisotopic (exact) mass is 376 g/mol. The molecule has 0 fully saturated rings. The number of anilines is 1. The van der Waals surface area contributed by atoms with Gasteiger partial charge in [-0.2, -0.15) is 0 Å². The van der Waals surface area contributed by atoms with E-state index in [9.17, 15) is 4.79 Å². The molecule has 0 aliphatic carbocycles. The fourth-order valence-electron chi connectivity index (χ4n) is 2.55. The van der Waals surface area contributed by atoms with Crippen LogP contribution in [-0.2, 0) is 4.79 Å². The number of hydrogen-bond donors (Lipinski definition) is 2. The molecule has 1 aromatic heterocycles. The van der Waals surface area contributed by atoms with E-state index >= 15 is 0 Å². The standard InChI is InChI=1S/C22H20N2O2S/c1-15-7-6-10-19(16(15)2)23-22(27)24-21(25)14-12-18-11-13-20(26-18)17-8-4-3-5-9-17/h3-14H,1-2H3,(H2,23,24,25,27)/b14-12+. The molecule has 0 aliphatic rings. The molecule has 0 spiro atoms. The van der Waals surface area contributed by atoms with Gasteiger partial charge in [0.25, 0.3) is 0 Å². The molecule has 136 valence electrons. The lowest BCUT2D eigenvalue weighted by Gasteiger charge is -2.12. The van der Waals surface area contributed by atoms with Crippen LogP contribution in [0.5, 0.6) is 0 Å². The van der Waals surface area contributed by atoms with Gasteiger partial charge in [-0.3, -0.25) is 10.1 Å². The van der Waals surface area contributed by atoms with Crippen molar-refractivity contribution in [3.05, 3.63) is 83.6 Å². The predicted octanol–water partition coefficient (Wildman–Crippen LogP) is 5.09. The summed E-state index contributed by atoms with van der Waals surface area (Å²) < 4.78 is 5.73. The van der Waals surface area contributed by atoms with Crippen LogP contribution < -0.4 is 10.6 Å². The van der Waals surface area contributed by atoms with Crippen LogP contribution in [0.2, 0.25) is 0 Å². The molecular formula is C22H20N2O2S. The number of benzene rings is 2. The van der Waals surface area contributed by atoms with Crippen molar-refractivity contribution in [2.45, 2.75) is 13.8 Å². The van der Waals surface area contributed by atoms with Crippen molar-refractivity contribution in [3.63, 3.8) is 0 Å². The molecule has 0 atom stereocenters. The highest BCUT2D eigenvalue weighted by atomic mass is 32.1. The van der Waals surface area contributed by atoms with Crippen molar-refractivity contribution >= 4 is 35.0 Å². The topological polar surface area (TPSA) is 54.3 Å². The highest BCUT2D eigenvalue weighted by Crippen LogP contribution is 2.22. The lowest BCUT2D eigenvalue weighted by molar-refractivity contribution is -0.115. The van der Waals surface area contributed by atoms with Crippen molar-refractivity contribution in [2.75, 3.05) is 5.32 Å². The number of hydrogen-bond acceptors (Lipinski definition) is 3. The van der Waals surface area contributed by atoms with Crippen LogP contribution in [0.25, 0.3) is 17.4 Å². The fraction of sp³-hybridized carbons (Fsp3) is 0.0909. The SMILES string of the molecule is Cc1cccc(NC(=S)NC(=O)/C=C/c2ccc(-c3ccccc3)o2)c1C. The summed E-state index contributed by atoms with van der Waals surface area (Å²) in [5.74, 6) is 1.02. The predicted molar refractivity (Wildman–Crippen MR) is 113 cm³/mol. The molecule has 2 N–H and O–H groups in total. The maximum Gasteiger partial charge on any atom is 0.250 e. The molecule has 3 rings (SSSR count). The van der Waals surface area contributed by atoms with Crippen LogP contribution in [0.1, 0.15) is 16.9 Å². The zero-order valence-electron chi connectivity index (χ0n) is 15.2. The summed E-state index contributed by atoms with van der Waals surface area (Å²) in [6.45, 7) is 4.03. The molecule has 0 bridgehead atoms. The smallest absolute Gasteiger partial charge is 0.250 e. The summed E-state index contributed by atoms with van der Waals surface area (Å²) in [6, 6.07) is 19.4. The van der Waals surface area contributed by atoms with Gasteiger partial charge in [0, 0.05) is 17.3 Å². The van der Waals surface area contributed by atoms with E-state index in [0.717, 1.165) is 28.1 Å². The summed E-state index contributed by atoms with van der Waals surface area (Å²) in [5, 5.41) is 5.94. The van der Waals surface area contributed by atoms with Crippen LogP contribution in [-0.4, -0.2) is 11.0 Å². The summed E-state index contributed by atoms with van der Waals surface area (Å²) >= 11 is 5.21. The van der Waals surface area contributed by atoms with Crippen molar-refractivity contribution < 1.29 is 9.21 Å². The van der Waals surface area contributed by atoms with Gasteiger partial charge >= 0.3 is 0 Å². The number of thiocarbonyl (C=S) groups is 1. The zero-order valence-corrected chi connectivity index (χ0v) is 16.0. The third-order valence-corrected chi connectivity index (χ3v) is 4.38. The Labute approximate surface area is 163 Å². The number of rotatable bonds is 4. The second-order valence-electron chi connectivity index (χ2n) is 6.09. The molecule has 1 amide bonds. The van der Waals surface area contributed by atoms with Gasteiger partial charge in [0.2, 0.25) is 5.91 Å². The Morgan fingerprint density at radius 3 is 2.56 bits per heavy atom. The van der Waals surface area contributed by atoms with Crippen molar-refractivity contribution in [1.29, 1.82) is 0 Å². The first-order valence-electron chi connectivity index (χ1n) is 8.54. The second kappa shape index (κ2) is 8.47. The third-order valence-electron chi connectivity index (χ3n) is 4.17. The van der Waals surface area contributed by atoms with Crippen LogP contribution in [0.3, 0.4) is 0 Å². The number of nitrogens with one attached hydrogen (secondary N) is 2. The van der Waals surface area contributed by atoms with E-state index in [-0.39, 0.29) is 11.0 Å². The van der Waals surface area contributed by atoms with Crippen molar-refractivity contribution in [2.24, 2.45) is 0 Å². The first-order valence-corrected chi connectivity index (χ1v) is 8.95. The minimum absolute atomic E-state index is 0.253. The quantitative estimate of drug-likeness (QED) is 0.492. The van der Waals surface area contributed by atoms with E-state index in [4.69, 9.17) is 16.6 Å². The Morgan fingerprint density at radius 2 is 1.78 bits per heavy atom. The molecule has 0 aliphatic heterocycles. The second-order valence-corrected chi connectivity index (χ2v) is 6.50. The number of aryl methyl sites for hydroxylation is 1. The fourth-order valence-corrected chi connectivity index (χ4v) is 2.76. The molecule has 0 unspecified atom stereocenters. The van der Waals surface area contributed by atoms with Gasteiger partial charge in [-0.05, 0) is 61.5 Å². The molecule has 27 heavy (non-hydrogen) atoms. The number of amides is 1. The Morgan fingerprint density at radius 1 is 1.00 bits per heavy atom. The first-order chi connectivity index (χ1) is 13.0. The maximum atomic E-state index is 12.1. The summed E-state index contributed by atoms with van der Waals surface area (Å²) in [7, 11) is 0. The van der Waals surface area contributed by atoms with Gasteiger partial charge in [-0.15, -0.1) is 0 Å². The zero-order chi connectivity index (χ0) is 19.2. The number of carbonyl (C=O) groups is 1.